The monoisotopic (exact) mass is 327 g/mol. The summed E-state index contributed by atoms with van der Waals surface area (Å²) in [5.41, 5.74) is 4.33. The lowest BCUT2D eigenvalue weighted by Crippen LogP contribution is -2.21. The SMILES string of the molecule is C=CCn1c(=O)cc(C)c2c(C)nn(-c3cccc(Cl)c3C)c21. The molecule has 0 saturated heterocycles. The van der Waals surface area contributed by atoms with Crippen LogP contribution in [0.2, 0.25) is 5.02 Å². The first kappa shape index (κ1) is 15.6. The normalized spacial score (nSPS) is 11.1. The standard InChI is InChI=1S/C18H18ClN3O/c1-5-9-21-16(23)10-11(2)17-13(4)20-22(18(17)21)15-8-6-7-14(19)12(15)3/h5-8,10H,1,9H2,2-4H3. The van der Waals surface area contributed by atoms with Crippen molar-refractivity contribution in [1.82, 2.24) is 14.3 Å². The lowest BCUT2D eigenvalue weighted by molar-refractivity contribution is 0.763. The molecule has 0 aliphatic rings. The molecule has 0 atom stereocenters. The van der Waals surface area contributed by atoms with Crippen LogP contribution in [0.3, 0.4) is 0 Å². The number of aryl methyl sites for hydroxylation is 2. The molecule has 4 nitrogen and oxygen atoms in total. The van der Waals surface area contributed by atoms with Gasteiger partial charge >= 0.3 is 0 Å². The molecule has 0 bridgehead atoms. The molecule has 0 fully saturated rings. The van der Waals surface area contributed by atoms with Gasteiger partial charge in [0.1, 0.15) is 5.65 Å². The largest absolute Gasteiger partial charge is 0.289 e. The first-order valence-electron chi connectivity index (χ1n) is 7.42. The maximum absolute atomic E-state index is 12.4. The quantitative estimate of drug-likeness (QED) is 0.683. The molecular weight excluding hydrogens is 310 g/mol. The van der Waals surface area contributed by atoms with Crippen LogP contribution in [-0.4, -0.2) is 14.3 Å². The molecule has 2 aromatic heterocycles. The van der Waals surface area contributed by atoms with E-state index >= 15 is 0 Å². The van der Waals surface area contributed by atoms with Crippen LogP contribution in [0.1, 0.15) is 16.8 Å². The topological polar surface area (TPSA) is 39.8 Å². The van der Waals surface area contributed by atoms with Gasteiger partial charge in [0.2, 0.25) is 0 Å². The van der Waals surface area contributed by atoms with Gasteiger partial charge in [-0.25, -0.2) is 4.68 Å². The Bertz CT molecular complexity index is 982. The van der Waals surface area contributed by atoms with Gasteiger partial charge in [0, 0.05) is 23.0 Å². The van der Waals surface area contributed by atoms with Gasteiger partial charge in [0.05, 0.1) is 11.4 Å². The van der Waals surface area contributed by atoms with Crippen molar-refractivity contribution < 1.29 is 0 Å². The Hall–Kier alpha value is -2.33. The van der Waals surface area contributed by atoms with E-state index in [1.807, 2.05) is 43.7 Å². The fourth-order valence-electron chi connectivity index (χ4n) is 2.96. The van der Waals surface area contributed by atoms with E-state index in [0.29, 0.717) is 11.6 Å². The van der Waals surface area contributed by atoms with Crippen LogP contribution in [0.25, 0.3) is 16.7 Å². The van der Waals surface area contributed by atoms with Crippen LogP contribution in [0.15, 0.2) is 41.7 Å². The number of hydrogen-bond donors (Lipinski definition) is 0. The first-order chi connectivity index (χ1) is 11.0. The Morgan fingerprint density at radius 1 is 1.30 bits per heavy atom. The number of hydrogen-bond acceptors (Lipinski definition) is 2. The maximum atomic E-state index is 12.4. The van der Waals surface area contributed by atoms with E-state index < -0.39 is 0 Å². The van der Waals surface area contributed by atoms with Crippen molar-refractivity contribution in [2.75, 3.05) is 0 Å². The van der Waals surface area contributed by atoms with Crippen molar-refractivity contribution in [3.8, 4) is 5.69 Å². The molecular formula is C18H18ClN3O. The van der Waals surface area contributed by atoms with Crippen LogP contribution in [-0.2, 0) is 6.54 Å². The fraction of sp³-hybridized carbons (Fsp3) is 0.222. The van der Waals surface area contributed by atoms with Crippen molar-refractivity contribution in [3.63, 3.8) is 0 Å². The van der Waals surface area contributed by atoms with Crippen molar-refractivity contribution >= 4 is 22.6 Å². The van der Waals surface area contributed by atoms with Crippen LogP contribution >= 0.6 is 11.6 Å². The van der Waals surface area contributed by atoms with E-state index in [1.54, 1.807) is 16.7 Å². The van der Waals surface area contributed by atoms with Gasteiger partial charge in [0.25, 0.3) is 5.56 Å². The zero-order valence-corrected chi connectivity index (χ0v) is 14.2. The van der Waals surface area contributed by atoms with E-state index in [9.17, 15) is 4.79 Å². The summed E-state index contributed by atoms with van der Waals surface area (Å²) in [6.07, 6.45) is 1.72. The summed E-state index contributed by atoms with van der Waals surface area (Å²) in [5.74, 6) is 0. The lowest BCUT2D eigenvalue weighted by atomic mass is 10.1. The van der Waals surface area contributed by atoms with E-state index in [2.05, 4.69) is 11.7 Å². The smallest absolute Gasteiger partial charge is 0.252 e. The van der Waals surface area contributed by atoms with E-state index in [-0.39, 0.29) is 5.56 Å². The minimum Gasteiger partial charge on any atom is -0.289 e. The van der Waals surface area contributed by atoms with Crippen molar-refractivity contribution in [2.24, 2.45) is 0 Å². The summed E-state index contributed by atoms with van der Waals surface area (Å²) in [4.78, 5) is 12.4. The highest BCUT2D eigenvalue weighted by molar-refractivity contribution is 6.31. The summed E-state index contributed by atoms with van der Waals surface area (Å²) in [7, 11) is 0. The predicted molar refractivity (Wildman–Crippen MR) is 94.7 cm³/mol. The Kier molecular flexibility index (Phi) is 3.86. The van der Waals surface area contributed by atoms with Gasteiger partial charge in [-0.1, -0.05) is 23.7 Å². The second-order valence-electron chi connectivity index (χ2n) is 5.64. The highest BCUT2D eigenvalue weighted by Gasteiger charge is 2.17. The number of aromatic nitrogens is 3. The molecule has 0 saturated carbocycles. The molecule has 0 amide bonds. The third-order valence-corrected chi connectivity index (χ3v) is 4.48. The van der Waals surface area contributed by atoms with Crippen molar-refractivity contribution in [1.29, 1.82) is 0 Å². The molecule has 1 aromatic carbocycles. The highest BCUT2D eigenvalue weighted by Crippen LogP contribution is 2.27. The summed E-state index contributed by atoms with van der Waals surface area (Å²) >= 11 is 6.26. The van der Waals surface area contributed by atoms with Crippen LogP contribution in [0.5, 0.6) is 0 Å². The molecule has 3 rings (SSSR count). The maximum Gasteiger partial charge on any atom is 0.252 e. The molecule has 0 aliphatic heterocycles. The second-order valence-corrected chi connectivity index (χ2v) is 6.05. The molecule has 5 heteroatoms. The number of rotatable bonds is 3. The number of halogens is 1. The fourth-order valence-corrected chi connectivity index (χ4v) is 3.13. The molecule has 23 heavy (non-hydrogen) atoms. The molecule has 3 aromatic rings. The summed E-state index contributed by atoms with van der Waals surface area (Å²) < 4.78 is 3.50. The molecule has 118 valence electrons. The van der Waals surface area contributed by atoms with Crippen LogP contribution in [0, 0.1) is 20.8 Å². The van der Waals surface area contributed by atoms with Crippen molar-refractivity contribution in [2.45, 2.75) is 27.3 Å². The minimum atomic E-state index is -0.0595. The van der Waals surface area contributed by atoms with Crippen molar-refractivity contribution in [3.05, 3.63) is 69.1 Å². The van der Waals surface area contributed by atoms with Crippen LogP contribution < -0.4 is 5.56 Å². The third kappa shape index (κ3) is 2.39. The lowest BCUT2D eigenvalue weighted by Gasteiger charge is -2.12. The summed E-state index contributed by atoms with van der Waals surface area (Å²) in [6, 6.07) is 7.34. The molecule has 0 radical (unpaired) electrons. The molecule has 0 unspecified atom stereocenters. The van der Waals surface area contributed by atoms with Crippen LogP contribution in [0.4, 0.5) is 0 Å². The number of fused-ring (bicyclic) bond motifs is 1. The van der Waals surface area contributed by atoms with E-state index in [0.717, 1.165) is 33.5 Å². The van der Waals surface area contributed by atoms with Gasteiger partial charge in [-0.2, -0.15) is 5.10 Å². The zero-order chi connectivity index (χ0) is 16.7. The number of allylic oxidation sites excluding steroid dienone is 1. The molecule has 0 aliphatic carbocycles. The Balaban J connectivity index is 2.50. The highest BCUT2D eigenvalue weighted by atomic mass is 35.5. The van der Waals surface area contributed by atoms with Gasteiger partial charge in [-0.05, 0) is 44.0 Å². The summed E-state index contributed by atoms with van der Waals surface area (Å²) in [6.45, 7) is 10.0. The van der Waals surface area contributed by atoms with Gasteiger partial charge in [0.15, 0.2) is 0 Å². The van der Waals surface area contributed by atoms with Gasteiger partial charge in [-0.3, -0.25) is 9.36 Å². The number of nitrogens with zero attached hydrogens (tertiary/aromatic N) is 3. The van der Waals surface area contributed by atoms with E-state index in [1.165, 1.54) is 0 Å². The average molecular weight is 328 g/mol. The Morgan fingerprint density at radius 3 is 2.74 bits per heavy atom. The van der Waals surface area contributed by atoms with E-state index in [4.69, 9.17) is 11.6 Å². The number of benzene rings is 1. The van der Waals surface area contributed by atoms with Gasteiger partial charge < -0.3 is 0 Å². The minimum absolute atomic E-state index is 0.0595. The third-order valence-electron chi connectivity index (χ3n) is 4.07. The second kappa shape index (κ2) is 5.70. The predicted octanol–water partition coefficient (Wildman–Crippen LogP) is 3.95. The first-order valence-corrected chi connectivity index (χ1v) is 7.79. The molecule has 2 heterocycles. The van der Waals surface area contributed by atoms with Gasteiger partial charge in [-0.15, -0.1) is 6.58 Å². The summed E-state index contributed by atoms with van der Waals surface area (Å²) in [5, 5.41) is 6.34. The average Bonchev–Trinajstić information content (AvgIpc) is 2.84. The molecule has 0 spiro atoms. The zero-order valence-electron chi connectivity index (χ0n) is 13.4. The Morgan fingerprint density at radius 2 is 2.04 bits per heavy atom. The number of pyridine rings is 1. The Labute approximate surface area is 139 Å². The molecule has 0 N–H and O–H groups in total.